The lowest BCUT2D eigenvalue weighted by atomic mass is 10.0. The molecule has 172 valence electrons. The third-order valence-corrected chi connectivity index (χ3v) is 8.36. The Kier molecular flexibility index (Phi) is 6.67. The number of phenols is 1. The zero-order valence-electron chi connectivity index (χ0n) is 17.0. The van der Waals surface area contributed by atoms with Crippen molar-refractivity contribution in [3.05, 3.63) is 51.0 Å². The molecular weight excluding hydrogens is 490 g/mol. The number of amides is 2. The molecule has 2 aliphatic heterocycles. The number of carboxylic acids is 1. The zero-order chi connectivity index (χ0) is 23.7. The monoisotopic (exact) mass is 507 g/mol. The standard InChI is InChI=1S/C19H17N5O6S3/c1-8-21-22-19(33-8)32-7-10-6-31-17-13(16(27)24(17)14(10)18(28)29)20-15(26)12(23-30)9-3-2-4-11(25)5-9/h2-5,12-13,17,25H,6-7H2,1H3,(H,20,26)(H,28,29)/t12?,13?,17-/m0/s1. The molecule has 1 fully saturated rings. The van der Waals surface area contributed by atoms with Crippen molar-refractivity contribution in [2.45, 2.75) is 28.7 Å². The first-order chi connectivity index (χ1) is 15.8. The number of rotatable bonds is 8. The van der Waals surface area contributed by atoms with Crippen LogP contribution in [0.4, 0.5) is 0 Å². The summed E-state index contributed by atoms with van der Waals surface area (Å²) >= 11 is 4.08. The summed E-state index contributed by atoms with van der Waals surface area (Å²) in [6, 6.07) is 3.12. The minimum Gasteiger partial charge on any atom is -0.508 e. The van der Waals surface area contributed by atoms with Gasteiger partial charge in [-0.3, -0.25) is 14.5 Å². The summed E-state index contributed by atoms with van der Waals surface area (Å²) in [6.07, 6.45) is 0. The highest BCUT2D eigenvalue weighted by Crippen LogP contribution is 2.42. The Hall–Kier alpha value is -2.97. The van der Waals surface area contributed by atoms with Crippen LogP contribution in [0, 0.1) is 11.8 Å². The molecule has 2 amide bonds. The summed E-state index contributed by atoms with van der Waals surface area (Å²) in [7, 11) is 0. The number of aliphatic carboxylic acids is 1. The molecule has 4 rings (SSSR count). The number of nitroso groups, excluding NO2 is 1. The SMILES string of the molecule is Cc1nnc(SCC2=C(C(=O)O)N3C(=O)C(NC(=O)C(N=O)c4cccc(O)c4)[C@@H]3SC2)s1. The number of hydrogen-bond acceptors (Lipinski definition) is 11. The van der Waals surface area contributed by atoms with Crippen LogP contribution in [0.1, 0.15) is 16.6 Å². The van der Waals surface area contributed by atoms with Gasteiger partial charge in [0.1, 0.15) is 27.9 Å². The molecule has 33 heavy (non-hydrogen) atoms. The number of nitrogens with one attached hydrogen (secondary N) is 1. The lowest BCUT2D eigenvalue weighted by Crippen LogP contribution is -2.70. The predicted octanol–water partition coefficient (Wildman–Crippen LogP) is 1.89. The van der Waals surface area contributed by atoms with Crippen molar-refractivity contribution in [2.24, 2.45) is 5.18 Å². The van der Waals surface area contributed by atoms with Gasteiger partial charge in [0.15, 0.2) is 10.4 Å². The van der Waals surface area contributed by atoms with Gasteiger partial charge < -0.3 is 15.5 Å². The second-order valence-corrected chi connectivity index (χ2v) is 10.6. The largest absolute Gasteiger partial charge is 0.508 e. The number of β-lactam (4-membered cyclic amide) rings is 1. The van der Waals surface area contributed by atoms with Crippen LogP contribution < -0.4 is 5.32 Å². The smallest absolute Gasteiger partial charge is 0.352 e. The van der Waals surface area contributed by atoms with Crippen LogP contribution in [-0.2, 0) is 14.4 Å². The fraction of sp³-hybridized carbons (Fsp3) is 0.316. The van der Waals surface area contributed by atoms with E-state index in [0.717, 1.165) is 5.01 Å². The fourth-order valence-electron chi connectivity index (χ4n) is 3.47. The van der Waals surface area contributed by atoms with E-state index < -0.39 is 35.2 Å². The third kappa shape index (κ3) is 4.58. The average Bonchev–Trinajstić information content (AvgIpc) is 3.20. The Morgan fingerprint density at radius 1 is 1.39 bits per heavy atom. The summed E-state index contributed by atoms with van der Waals surface area (Å²) < 4.78 is 0.705. The number of aromatic hydroxyl groups is 1. The zero-order valence-corrected chi connectivity index (χ0v) is 19.4. The highest BCUT2D eigenvalue weighted by atomic mass is 32.2. The number of thioether (sulfide) groups is 2. The molecule has 0 aliphatic carbocycles. The van der Waals surface area contributed by atoms with Crippen LogP contribution in [-0.4, -0.2) is 66.0 Å². The topological polar surface area (TPSA) is 162 Å². The Balaban J connectivity index is 1.47. The molecule has 14 heteroatoms. The summed E-state index contributed by atoms with van der Waals surface area (Å²) in [6.45, 7) is 1.82. The number of carboxylic acid groups (broad SMARTS) is 1. The van der Waals surface area contributed by atoms with E-state index in [1.165, 1.54) is 64.0 Å². The number of carbonyl (C=O) groups excluding carboxylic acids is 2. The van der Waals surface area contributed by atoms with Crippen molar-refractivity contribution < 1.29 is 24.6 Å². The van der Waals surface area contributed by atoms with E-state index in [0.29, 0.717) is 21.4 Å². The lowest BCUT2D eigenvalue weighted by Gasteiger charge is -2.49. The van der Waals surface area contributed by atoms with E-state index >= 15 is 0 Å². The van der Waals surface area contributed by atoms with Crippen molar-refractivity contribution in [1.29, 1.82) is 0 Å². The van der Waals surface area contributed by atoms with Crippen LogP contribution in [0.25, 0.3) is 0 Å². The maximum Gasteiger partial charge on any atom is 0.352 e. The average molecular weight is 508 g/mol. The van der Waals surface area contributed by atoms with Gasteiger partial charge >= 0.3 is 5.97 Å². The van der Waals surface area contributed by atoms with Gasteiger partial charge in [-0.15, -0.1) is 26.9 Å². The number of aromatic nitrogens is 2. The third-order valence-electron chi connectivity index (χ3n) is 4.96. The van der Waals surface area contributed by atoms with Crippen molar-refractivity contribution in [3.8, 4) is 5.75 Å². The van der Waals surface area contributed by atoms with Gasteiger partial charge in [-0.05, 0) is 30.2 Å². The lowest BCUT2D eigenvalue weighted by molar-refractivity contribution is -0.150. The Morgan fingerprint density at radius 2 is 2.18 bits per heavy atom. The summed E-state index contributed by atoms with van der Waals surface area (Å²) in [4.78, 5) is 49.9. The minimum atomic E-state index is -1.45. The summed E-state index contributed by atoms with van der Waals surface area (Å²) in [5, 5.41) is 32.8. The van der Waals surface area contributed by atoms with Gasteiger partial charge in [0, 0.05) is 11.5 Å². The molecule has 3 atom stereocenters. The van der Waals surface area contributed by atoms with E-state index in [1.807, 2.05) is 6.92 Å². The van der Waals surface area contributed by atoms with Crippen molar-refractivity contribution >= 4 is 52.6 Å². The summed E-state index contributed by atoms with van der Waals surface area (Å²) in [5.41, 5.74) is 0.660. The van der Waals surface area contributed by atoms with E-state index in [-0.39, 0.29) is 17.0 Å². The number of nitrogens with zero attached hydrogens (tertiary/aromatic N) is 4. The van der Waals surface area contributed by atoms with Gasteiger partial charge in [-0.2, -0.15) is 0 Å². The van der Waals surface area contributed by atoms with Crippen LogP contribution in [0.3, 0.4) is 0 Å². The maximum absolute atomic E-state index is 12.8. The molecule has 1 aromatic carbocycles. The van der Waals surface area contributed by atoms with Gasteiger partial charge in [0.2, 0.25) is 0 Å². The number of benzene rings is 1. The molecule has 2 unspecified atom stereocenters. The first-order valence-electron chi connectivity index (χ1n) is 9.54. The van der Waals surface area contributed by atoms with Crippen molar-refractivity contribution in [1.82, 2.24) is 20.4 Å². The fourth-order valence-corrected chi connectivity index (χ4v) is 6.77. The first kappa shape index (κ1) is 23.2. The first-order valence-corrected chi connectivity index (χ1v) is 12.4. The molecule has 0 bridgehead atoms. The molecule has 3 N–H and O–H groups in total. The Morgan fingerprint density at radius 3 is 2.82 bits per heavy atom. The Labute approximate surface area is 199 Å². The van der Waals surface area contributed by atoms with E-state index in [9.17, 15) is 29.5 Å². The normalized spacial score (nSPS) is 20.6. The number of aryl methyl sites for hydroxylation is 1. The van der Waals surface area contributed by atoms with Crippen LogP contribution in [0.5, 0.6) is 5.75 Å². The van der Waals surface area contributed by atoms with E-state index in [4.69, 9.17) is 0 Å². The number of carbonyl (C=O) groups is 3. The number of fused-ring (bicyclic) bond motifs is 1. The van der Waals surface area contributed by atoms with Crippen molar-refractivity contribution in [3.63, 3.8) is 0 Å². The highest BCUT2D eigenvalue weighted by Gasteiger charge is 2.54. The maximum atomic E-state index is 12.8. The molecule has 0 radical (unpaired) electrons. The minimum absolute atomic E-state index is 0.0963. The molecular formula is C19H17N5O6S3. The molecule has 3 heterocycles. The Bertz CT molecular complexity index is 1170. The van der Waals surface area contributed by atoms with Crippen molar-refractivity contribution in [2.75, 3.05) is 11.5 Å². The molecule has 2 aromatic rings. The van der Waals surface area contributed by atoms with Crippen LogP contribution >= 0.6 is 34.9 Å². The second-order valence-electron chi connectivity index (χ2n) is 7.13. The second kappa shape index (κ2) is 9.49. The number of phenolic OH excluding ortho intramolecular Hbond substituents is 1. The molecule has 0 saturated carbocycles. The number of hydrogen-bond donors (Lipinski definition) is 3. The highest BCUT2D eigenvalue weighted by molar-refractivity contribution is 8.01. The molecule has 2 aliphatic rings. The molecule has 11 nitrogen and oxygen atoms in total. The van der Waals surface area contributed by atoms with E-state index in [2.05, 4.69) is 20.7 Å². The van der Waals surface area contributed by atoms with Crippen LogP contribution in [0.2, 0.25) is 0 Å². The predicted molar refractivity (Wildman–Crippen MR) is 122 cm³/mol. The van der Waals surface area contributed by atoms with Gasteiger partial charge in [-0.1, -0.05) is 40.4 Å². The quantitative estimate of drug-likeness (QED) is 0.273. The molecule has 0 spiro atoms. The summed E-state index contributed by atoms with van der Waals surface area (Å²) in [5.74, 6) is -2.04. The van der Waals surface area contributed by atoms with E-state index in [1.54, 1.807) is 0 Å². The van der Waals surface area contributed by atoms with Crippen LogP contribution in [0.15, 0.2) is 45.1 Å². The van der Waals surface area contributed by atoms with Gasteiger partial charge in [-0.25, -0.2) is 4.79 Å². The molecule has 1 aromatic heterocycles. The van der Waals surface area contributed by atoms with Gasteiger partial charge in [0.05, 0.1) is 0 Å². The van der Waals surface area contributed by atoms with Gasteiger partial charge in [0.25, 0.3) is 11.8 Å². The molecule has 1 saturated heterocycles.